The summed E-state index contributed by atoms with van der Waals surface area (Å²) in [6.45, 7) is 2.74. The highest BCUT2D eigenvalue weighted by molar-refractivity contribution is 7.11. The Balaban J connectivity index is 1.64. The number of rotatable bonds is 8. The van der Waals surface area contributed by atoms with Crippen molar-refractivity contribution in [2.24, 2.45) is 0 Å². The molecule has 0 saturated heterocycles. The minimum atomic E-state index is 0.705. The molecule has 0 aromatic carbocycles. The van der Waals surface area contributed by atoms with E-state index in [1.807, 2.05) is 11.3 Å². The fraction of sp³-hybridized carbons (Fsp3) is 0.846. The van der Waals surface area contributed by atoms with Crippen molar-refractivity contribution in [1.29, 1.82) is 0 Å². The molecule has 1 aliphatic carbocycles. The van der Waals surface area contributed by atoms with Gasteiger partial charge in [0.1, 0.15) is 10.0 Å². The molecule has 0 spiro atoms. The second-order valence-electron chi connectivity index (χ2n) is 4.86. The van der Waals surface area contributed by atoms with Crippen LogP contribution in [-0.4, -0.2) is 37.0 Å². The second kappa shape index (κ2) is 7.81. The van der Waals surface area contributed by atoms with Gasteiger partial charge < -0.3 is 10.1 Å². The molecule has 1 heterocycles. The molecule has 2 rings (SSSR count). The largest absolute Gasteiger partial charge is 0.383 e. The van der Waals surface area contributed by atoms with Crippen molar-refractivity contribution >= 4 is 11.3 Å². The maximum atomic E-state index is 4.98. The lowest BCUT2D eigenvalue weighted by molar-refractivity contribution is 0.199. The number of aryl methyl sites for hydroxylation is 1. The number of methoxy groups -OCH3 is 1. The van der Waals surface area contributed by atoms with Gasteiger partial charge in [0.05, 0.1) is 6.61 Å². The van der Waals surface area contributed by atoms with Crippen LogP contribution in [0.1, 0.15) is 48.0 Å². The summed E-state index contributed by atoms with van der Waals surface area (Å²) in [5, 5.41) is 14.5. The molecule has 0 unspecified atom stereocenters. The highest BCUT2D eigenvalue weighted by Gasteiger charge is 2.20. The molecule has 102 valence electrons. The molecule has 18 heavy (non-hydrogen) atoms. The van der Waals surface area contributed by atoms with Crippen molar-refractivity contribution in [1.82, 2.24) is 15.5 Å². The van der Waals surface area contributed by atoms with E-state index in [0.29, 0.717) is 5.92 Å². The first-order valence-corrected chi connectivity index (χ1v) is 7.73. The quantitative estimate of drug-likeness (QED) is 0.736. The van der Waals surface area contributed by atoms with E-state index in [1.54, 1.807) is 7.11 Å². The van der Waals surface area contributed by atoms with Gasteiger partial charge in [-0.05, 0) is 25.8 Å². The summed E-state index contributed by atoms with van der Waals surface area (Å²) >= 11 is 1.82. The van der Waals surface area contributed by atoms with Crippen LogP contribution < -0.4 is 5.32 Å². The fourth-order valence-electron chi connectivity index (χ4n) is 2.37. The van der Waals surface area contributed by atoms with Crippen LogP contribution in [0.3, 0.4) is 0 Å². The Bertz CT molecular complexity index is 337. The van der Waals surface area contributed by atoms with Crippen molar-refractivity contribution in [3.63, 3.8) is 0 Å². The number of nitrogens with zero attached hydrogens (tertiary/aromatic N) is 2. The van der Waals surface area contributed by atoms with E-state index in [2.05, 4.69) is 15.5 Å². The van der Waals surface area contributed by atoms with Crippen molar-refractivity contribution < 1.29 is 4.74 Å². The fourth-order valence-corrected chi connectivity index (χ4v) is 3.42. The van der Waals surface area contributed by atoms with Crippen LogP contribution in [0.4, 0.5) is 0 Å². The van der Waals surface area contributed by atoms with Gasteiger partial charge in [-0.2, -0.15) is 0 Å². The van der Waals surface area contributed by atoms with Crippen molar-refractivity contribution in [2.45, 2.75) is 44.4 Å². The number of ether oxygens (including phenoxy) is 1. The molecular weight excluding hydrogens is 246 g/mol. The number of aromatic nitrogens is 2. The van der Waals surface area contributed by atoms with E-state index < -0.39 is 0 Å². The van der Waals surface area contributed by atoms with Crippen LogP contribution >= 0.6 is 11.3 Å². The SMILES string of the molecule is COCCNCCCc1nnc(C2CCCC2)s1. The lowest BCUT2D eigenvalue weighted by Gasteiger charge is -2.02. The Morgan fingerprint density at radius 1 is 1.28 bits per heavy atom. The smallest absolute Gasteiger partial charge is 0.120 e. The normalized spacial score (nSPS) is 16.5. The third kappa shape index (κ3) is 4.30. The summed E-state index contributed by atoms with van der Waals surface area (Å²) < 4.78 is 4.98. The van der Waals surface area contributed by atoms with Crippen LogP contribution in [0, 0.1) is 0 Å². The standard InChI is InChI=1S/C13H23N3OS/c1-17-10-9-14-8-4-7-12-15-16-13(18-12)11-5-2-3-6-11/h11,14H,2-10H2,1H3. The second-order valence-corrected chi connectivity index (χ2v) is 5.96. The molecule has 0 atom stereocenters. The van der Waals surface area contributed by atoms with Gasteiger partial charge in [0.25, 0.3) is 0 Å². The molecule has 1 aromatic heterocycles. The molecule has 0 aliphatic heterocycles. The molecule has 4 nitrogen and oxygen atoms in total. The Morgan fingerprint density at radius 2 is 2.11 bits per heavy atom. The lowest BCUT2D eigenvalue weighted by atomic mass is 10.1. The van der Waals surface area contributed by atoms with E-state index in [9.17, 15) is 0 Å². The summed E-state index contributed by atoms with van der Waals surface area (Å²) in [5.74, 6) is 0.705. The summed E-state index contributed by atoms with van der Waals surface area (Å²) in [7, 11) is 1.73. The van der Waals surface area contributed by atoms with Gasteiger partial charge in [-0.3, -0.25) is 0 Å². The molecule has 0 amide bonds. The van der Waals surface area contributed by atoms with Gasteiger partial charge in [-0.1, -0.05) is 12.8 Å². The van der Waals surface area contributed by atoms with E-state index >= 15 is 0 Å². The van der Waals surface area contributed by atoms with Crippen molar-refractivity contribution in [3.05, 3.63) is 10.0 Å². The Morgan fingerprint density at radius 3 is 2.89 bits per heavy atom. The summed E-state index contributed by atoms with van der Waals surface area (Å²) in [4.78, 5) is 0. The number of hydrogen-bond donors (Lipinski definition) is 1. The van der Waals surface area contributed by atoms with Gasteiger partial charge in [-0.15, -0.1) is 21.5 Å². The molecule has 1 saturated carbocycles. The highest BCUT2D eigenvalue weighted by Crippen LogP contribution is 2.35. The topological polar surface area (TPSA) is 47.0 Å². The Kier molecular flexibility index (Phi) is 6.04. The first kappa shape index (κ1) is 13.9. The molecule has 1 fully saturated rings. The van der Waals surface area contributed by atoms with E-state index in [0.717, 1.165) is 32.5 Å². The number of nitrogens with one attached hydrogen (secondary N) is 1. The summed E-state index contributed by atoms with van der Waals surface area (Å²) in [5.41, 5.74) is 0. The predicted octanol–water partition coefficient (Wildman–Crippen LogP) is 2.36. The van der Waals surface area contributed by atoms with Crippen LogP contribution in [0.2, 0.25) is 0 Å². The summed E-state index contributed by atoms with van der Waals surface area (Å²) in [6, 6.07) is 0. The van der Waals surface area contributed by atoms with E-state index in [4.69, 9.17) is 4.74 Å². The zero-order valence-electron chi connectivity index (χ0n) is 11.2. The first-order chi connectivity index (χ1) is 8.90. The highest BCUT2D eigenvalue weighted by atomic mass is 32.1. The van der Waals surface area contributed by atoms with Gasteiger partial charge in [0, 0.05) is 26.0 Å². The third-order valence-corrected chi connectivity index (χ3v) is 4.56. The van der Waals surface area contributed by atoms with Crippen molar-refractivity contribution in [3.8, 4) is 0 Å². The minimum absolute atomic E-state index is 0.705. The van der Waals surface area contributed by atoms with Gasteiger partial charge in [0.15, 0.2) is 0 Å². The van der Waals surface area contributed by atoms with Gasteiger partial charge >= 0.3 is 0 Å². The molecule has 0 radical (unpaired) electrons. The number of hydrogen-bond acceptors (Lipinski definition) is 5. The van der Waals surface area contributed by atoms with Crippen LogP contribution in [0.5, 0.6) is 0 Å². The predicted molar refractivity (Wildman–Crippen MR) is 74.2 cm³/mol. The molecule has 1 N–H and O–H groups in total. The Hall–Kier alpha value is -0.520. The minimum Gasteiger partial charge on any atom is -0.383 e. The average Bonchev–Trinajstić information content (AvgIpc) is 3.03. The maximum Gasteiger partial charge on any atom is 0.120 e. The maximum absolute atomic E-state index is 4.98. The average molecular weight is 269 g/mol. The molecule has 0 bridgehead atoms. The lowest BCUT2D eigenvalue weighted by Crippen LogP contribution is -2.20. The molecular formula is C13H23N3OS. The van der Waals surface area contributed by atoms with E-state index in [-0.39, 0.29) is 0 Å². The first-order valence-electron chi connectivity index (χ1n) is 6.92. The van der Waals surface area contributed by atoms with Gasteiger partial charge in [-0.25, -0.2) is 0 Å². The van der Waals surface area contributed by atoms with Crippen LogP contribution in [0.25, 0.3) is 0 Å². The zero-order chi connectivity index (χ0) is 12.6. The van der Waals surface area contributed by atoms with Crippen LogP contribution in [-0.2, 0) is 11.2 Å². The Labute approximate surface area is 113 Å². The molecule has 1 aliphatic rings. The summed E-state index contributed by atoms with van der Waals surface area (Å²) in [6.07, 6.45) is 7.53. The van der Waals surface area contributed by atoms with E-state index in [1.165, 1.54) is 35.7 Å². The molecule has 1 aromatic rings. The monoisotopic (exact) mass is 269 g/mol. The van der Waals surface area contributed by atoms with Gasteiger partial charge in [0.2, 0.25) is 0 Å². The van der Waals surface area contributed by atoms with Crippen molar-refractivity contribution in [2.75, 3.05) is 26.8 Å². The zero-order valence-corrected chi connectivity index (χ0v) is 12.0. The molecule has 5 heteroatoms. The third-order valence-electron chi connectivity index (χ3n) is 3.41. The van der Waals surface area contributed by atoms with Crippen LogP contribution in [0.15, 0.2) is 0 Å².